The standard InChI is InChI=1S/C11H13FN4/c12-6-9-2-1-5-16(8-9)11-14-4-3-10(7-13)15-11/h3-4,9H,1-2,5-6,8H2. The molecule has 84 valence electrons. The SMILES string of the molecule is N#Cc1ccnc(N2CCCC(CF)C2)n1. The minimum atomic E-state index is -0.297. The molecule has 2 heterocycles. The molecule has 0 aliphatic carbocycles. The third-order valence-electron chi connectivity index (χ3n) is 2.78. The molecule has 1 aliphatic rings. The second-order valence-electron chi connectivity index (χ2n) is 3.96. The summed E-state index contributed by atoms with van der Waals surface area (Å²) in [4.78, 5) is 10.2. The number of nitrogens with zero attached hydrogens (tertiary/aromatic N) is 4. The molecule has 1 fully saturated rings. The maximum Gasteiger partial charge on any atom is 0.226 e. The summed E-state index contributed by atoms with van der Waals surface area (Å²) in [6.45, 7) is 1.19. The fourth-order valence-corrected chi connectivity index (χ4v) is 1.94. The zero-order valence-corrected chi connectivity index (χ0v) is 8.93. The molecule has 1 unspecified atom stereocenters. The van der Waals surface area contributed by atoms with Crippen molar-refractivity contribution in [3.05, 3.63) is 18.0 Å². The monoisotopic (exact) mass is 220 g/mol. The Bertz CT molecular complexity index is 401. The molecule has 1 atom stereocenters. The highest BCUT2D eigenvalue weighted by Gasteiger charge is 2.21. The number of anilines is 1. The zero-order chi connectivity index (χ0) is 11.4. The molecule has 0 N–H and O–H groups in total. The summed E-state index contributed by atoms with van der Waals surface area (Å²) in [5.74, 6) is 0.611. The number of alkyl halides is 1. The molecule has 0 saturated carbocycles. The van der Waals surface area contributed by atoms with Gasteiger partial charge in [-0.15, -0.1) is 0 Å². The fraction of sp³-hybridized carbons (Fsp3) is 0.545. The van der Waals surface area contributed by atoms with Crippen molar-refractivity contribution in [2.24, 2.45) is 5.92 Å². The summed E-state index contributed by atoms with van der Waals surface area (Å²) in [6.07, 6.45) is 3.44. The van der Waals surface area contributed by atoms with Gasteiger partial charge in [0, 0.05) is 25.2 Å². The average Bonchev–Trinajstić information content (AvgIpc) is 2.39. The first kappa shape index (κ1) is 10.8. The average molecular weight is 220 g/mol. The lowest BCUT2D eigenvalue weighted by Crippen LogP contribution is -2.37. The van der Waals surface area contributed by atoms with E-state index in [1.807, 2.05) is 11.0 Å². The van der Waals surface area contributed by atoms with Gasteiger partial charge in [-0.05, 0) is 18.9 Å². The predicted molar refractivity (Wildman–Crippen MR) is 57.7 cm³/mol. The third-order valence-corrected chi connectivity index (χ3v) is 2.78. The van der Waals surface area contributed by atoms with Gasteiger partial charge in [-0.25, -0.2) is 9.97 Å². The van der Waals surface area contributed by atoms with E-state index in [0.29, 0.717) is 18.2 Å². The Morgan fingerprint density at radius 1 is 1.62 bits per heavy atom. The van der Waals surface area contributed by atoms with Crippen molar-refractivity contribution in [3.63, 3.8) is 0 Å². The van der Waals surface area contributed by atoms with Gasteiger partial charge in [0.25, 0.3) is 0 Å². The van der Waals surface area contributed by atoms with Gasteiger partial charge in [0.15, 0.2) is 0 Å². The Kier molecular flexibility index (Phi) is 3.30. The van der Waals surface area contributed by atoms with Gasteiger partial charge < -0.3 is 4.90 Å². The first-order valence-electron chi connectivity index (χ1n) is 5.37. The molecule has 0 amide bonds. The van der Waals surface area contributed by atoms with Crippen LogP contribution in [-0.2, 0) is 0 Å². The maximum atomic E-state index is 12.6. The molecule has 0 bridgehead atoms. The van der Waals surface area contributed by atoms with Crippen LogP contribution in [0, 0.1) is 17.2 Å². The molecule has 0 aromatic carbocycles. The molecule has 2 rings (SSSR count). The molecule has 0 spiro atoms. The van der Waals surface area contributed by atoms with E-state index >= 15 is 0 Å². The van der Waals surface area contributed by atoms with E-state index in [1.54, 1.807) is 12.3 Å². The largest absolute Gasteiger partial charge is 0.340 e. The van der Waals surface area contributed by atoms with Crippen molar-refractivity contribution >= 4 is 5.95 Å². The van der Waals surface area contributed by atoms with Crippen molar-refractivity contribution in [2.45, 2.75) is 12.8 Å². The van der Waals surface area contributed by atoms with Gasteiger partial charge in [0.1, 0.15) is 11.8 Å². The topological polar surface area (TPSA) is 52.8 Å². The lowest BCUT2D eigenvalue weighted by molar-refractivity contribution is 0.314. The minimum Gasteiger partial charge on any atom is -0.340 e. The van der Waals surface area contributed by atoms with E-state index in [-0.39, 0.29) is 12.6 Å². The number of nitriles is 1. The molecule has 5 heteroatoms. The molecule has 1 aromatic heterocycles. The number of rotatable bonds is 2. The van der Waals surface area contributed by atoms with Crippen LogP contribution in [0.5, 0.6) is 0 Å². The third kappa shape index (κ3) is 2.27. The Hall–Kier alpha value is -1.70. The molecule has 0 radical (unpaired) electrons. The number of halogens is 1. The van der Waals surface area contributed by atoms with Crippen molar-refractivity contribution in [2.75, 3.05) is 24.7 Å². The Morgan fingerprint density at radius 3 is 3.25 bits per heavy atom. The lowest BCUT2D eigenvalue weighted by Gasteiger charge is -2.31. The number of hydrogen-bond acceptors (Lipinski definition) is 4. The second kappa shape index (κ2) is 4.88. The quantitative estimate of drug-likeness (QED) is 0.758. The van der Waals surface area contributed by atoms with Gasteiger partial charge >= 0.3 is 0 Å². The van der Waals surface area contributed by atoms with Crippen LogP contribution in [0.15, 0.2) is 12.3 Å². The van der Waals surface area contributed by atoms with Gasteiger partial charge in [-0.1, -0.05) is 0 Å². The van der Waals surface area contributed by atoms with Crippen LogP contribution in [-0.4, -0.2) is 29.7 Å². The highest BCUT2D eigenvalue weighted by atomic mass is 19.1. The Morgan fingerprint density at radius 2 is 2.50 bits per heavy atom. The smallest absolute Gasteiger partial charge is 0.226 e. The first-order chi connectivity index (χ1) is 7.83. The molecule has 1 saturated heterocycles. The Labute approximate surface area is 93.7 Å². The molecule has 4 nitrogen and oxygen atoms in total. The van der Waals surface area contributed by atoms with Crippen LogP contribution >= 0.6 is 0 Å². The lowest BCUT2D eigenvalue weighted by atomic mass is 10.00. The van der Waals surface area contributed by atoms with Crippen LogP contribution in [0.2, 0.25) is 0 Å². The minimum absolute atomic E-state index is 0.0723. The van der Waals surface area contributed by atoms with Gasteiger partial charge in [0.2, 0.25) is 5.95 Å². The molecule has 16 heavy (non-hydrogen) atoms. The van der Waals surface area contributed by atoms with Crippen LogP contribution in [0.4, 0.5) is 10.3 Å². The van der Waals surface area contributed by atoms with E-state index in [1.165, 1.54) is 0 Å². The summed E-state index contributed by atoms with van der Waals surface area (Å²) < 4.78 is 12.6. The summed E-state index contributed by atoms with van der Waals surface area (Å²) in [5, 5.41) is 8.74. The zero-order valence-electron chi connectivity index (χ0n) is 8.93. The van der Waals surface area contributed by atoms with E-state index in [4.69, 9.17) is 5.26 Å². The maximum absolute atomic E-state index is 12.6. The summed E-state index contributed by atoms with van der Waals surface area (Å²) in [5.41, 5.74) is 0.354. The van der Waals surface area contributed by atoms with Crippen LogP contribution in [0.1, 0.15) is 18.5 Å². The molecular formula is C11H13FN4. The fourth-order valence-electron chi connectivity index (χ4n) is 1.94. The second-order valence-corrected chi connectivity index (χ2v) is 3.96. The highest BCUT2D eigenvalue weighted by Crippen LogP contribution is 2.20. The number of piperidine rings is 1. The number of aromatic nitrogens is 2. The van der Waals surface area contributed by atoms with Gasteiger partial charge in [0.05, 0.1) is 6.67 Å². The van der Waals surface area contributed by atoms with Gasteiger partial charge in [-0.2, -0.15) is 5.26 Å². The van der Waals surface area contributed by atoms with Gasteiger partial charge in [-0.3, -0.25) is 4.39 Å². The van der Waals surface area contributed by atoms with Crippen LogP contribution < -0.4 is 4.90 Å². The highest BCUT2D eigenvalue weighted by molar-refractivity contribution is 5.34. The van der Waals surface area contributed by atoms with Crippen molar-refractivity contribution in [1.29, 1.82) is 5.26 Å². The van der Waals surface area contributed by atoms with Crippen molar-refractivity contribution in [3.8, 4) is 6.07 Å². The first-order valence-corrected chi connectivity index (χ1v) is 5.37. The van der Waals surface area contributed by atoms with E-state index in [0.717, 1.165) is 19.4 Å². The Balaban J connectivity index is 2.14. The van der Waals surface area contributed by atoms with Crippen molar-refractivity contribution < 1.29 is 4.39 Å². The van der Waals surface area contributed by atoms with Crippen molar-refractivity contribution in [1.82, 2.24) is 9.97 Å². The van der Waals surface area contributed by atoms with E-state index in [2.05, 4.69) is 9.97 Å². The normalized spacial score (nSPS) is 20.5. The molecule has 1 aromatic rings. The molecule has 1 aliphatic heterocycles. The molecular weight excluding hydrogens is 207 g/mol. The summed E-state index contributed by atoms with van der Waals surface area (Å²) >= 11 is 0. The summed E-state index contributed by atoms with van der Waals surface area (Å²) in [7, 11) is 0. The van der Waals surface area contributed by atoms with Crippen LogP contribution in [0.25, 0.3) is 0 Å². The number of hydrogen-bond donors (Lipinski definition) is 0. The van der Waals surface area contributed by atoms with Crippen LogP contribution in [0.3, 0.4) is 0 Å². The van der Waals surface area contributed by atoms with E-state index in [9.17, 15) is 4.39 Å². The predicted octanol–water partition coefficient (Wildman–Crippen LogP) is 1.53. The summed E-state index contributed by atoms with van der Waals surface area (Å²) in [6, 6.07) is 3.55. The van der Waals surface area contributed by atoms with E-state index < -0.39 is 0 Å².